The first kappa shape index (κ1) is 14.6. The summed E-state index contributed by atoms with van der Waals surface area (Å²) in [6.45, 7) is 8.20. The van der Waals surface area contributed by atoms with Gasteiger partial charge in [-0.25, -0.2) is 4.68 Å². The minimum atomic E-state index is -0.581. The van der Waals surface area contributed by atoms with Gasteiger partial charge in [0.25, 0.3) is 5.56 Å². The number of terminal acetylenes is 1. The van der Waals surface area contributed by atoms with E-state index in [9.17, 15) is 4.79 Å². The summed E-state index contributed by atoms with van der Waals surface area (Å²) < 4.78 is 1.36. The van der Waals surface area contributed by atoms with Gasteiger partial charge in [-0.1, -0.05) is 31.4 Å². The number of aromatic nitrogens is 2. The molecule has 1 rings (SSSR count). The van der Waals surface area contributed by atoms with Crippen LogP contribution in [0.5, 0.6) is 0 Å². The molecule has 0 saturated heterocycles. The lowest BCUT2D eigenvalue weighted by atomic mass is 10.1. The molecule has 0 aliphatic carbocycles. The zero-order valence-electron chi connectivity index (χ0n) is 11.1. The SMILES string of the molecule is C#CC(C)(C)Nc1cnn(CC(C)C)c(=O)c1Cl. The van der Waals surface area contributed by atoms with E-state index in [4.69, 9.17) is 18.0 Å². The van der Waals surface area contributed by atoms with Gasteiger partial charge in [-0.05, 0) is 19.8 Å². The van der Waals surface area contributed by atoms with E-state index in [1.165, 1.54) is 10.9 Å². The molecule has 0 atom stereocenters. The molecular weight excluding hydrogens is 250 g/mol. The lowest BCUT2D eigenvalue weighted by molar-refractivity contribution is 0.464. The van der Waals surface area contributed by atoms with Crippen LogP contribution in [-0.2, 0) is 6.54 Å². The molecule has 0 aromatic carbocycles. The first-order chi connectivity index (χ1) is 8.26. The van der Waals surface area contributed by atoms with Gasteiger partial charge in [-0.2, -0.15) is 5.10 Å². The summed E-state index contributed by atoms with van der Waals surface area (Å²) in [5.74, 6) is 2.90. The Hall–Kier alpha value is -1.47. The second-order valence-corrected chi connectivity index (χ2v) is 5.53. The quantitative estimate of drug-likeness (QED) is 0.852. The van der Waals surface area contributed by atoms with Crippen LogP contribution < -0.4 is 10.9 Å². The molecule has 0 bridgehead atoms. The maximum Gasteiger partial charge on any atom is 0.287 e. The summed E-state index contributed by atoms with van der Waals surface area (Å²) in [6, 6.07) is 0. The Morgan fingerprint density at radius 3 is 2.72 bits per heavy atom. The van der Waals surface area contributed by atoms with E-state index in [0.29, 0.717) is 18.2 Å². The fourth-order valence-corrected chi connectivity index (χ4v) is 1.59. The molecule has 0 fully saturated rings. The average molecular weight is 268 g/mol. The second-order valence-electron chi connectivity index (χ2n) is 5.15. The molecule has 1 aromatic rings. The largest absolute Gasteiger partial charge is 0.367 e. The van der Waals surface area contributed by atoms with E-state index in [-0.39, 0.29) is 10.6 Å². The second kappa shape index (κ2) is 5.45. The highest BCUT2D eigenvalue weighted by Crippen LogP contribution is 2.20. The Bertz CT molecular complexity index is 526. The van der Waals surface area contributed by atoms with Crippen LogP contribution in [0, 0.1) is 18.3 Å². The highest BCUT2D eigenvalue weighted by Gasteiger charge is 2.17. The lowest BCUT2D eigenvalue weighted by Crippen LogP contribution is -2.32. The molecule has 98 valence electrons. The molecule has 0 aliphatic rings. The van der Waals surface area contributed by atoms with E-state index < -0.39 is 5.54 Å². The molecule has 0 unspecified atom stereocenters. The molecular formula is C13H18ClN3O. The number of nitrogens with one attached hydrogen (secondary N) is 1. The Morgan fingerprint density at radius 2 is 2.22 bits per heavy atom. The minimum Gasteiger partial charge on any atom is -0.367 e. The van der Waals surface area contributed by atoms with Gasteiger partial charge in [0.1, 0.15) is 5.02 Å². The fourth-order valence-electron chi connectivity index (χ4n) is 1.40. The smallest absolute Gasteiger partial charge is 0.287 e. The van der Waals surface area contributed by atoms with Crippen molar-refractivity contribution in [2.24, 2.45) is 5.92 Å². The van der Waals surface area contributed by atoms with Crippen molar-refractivity contribution in [3.63, 3.8) is 0 Å². The van der Waals surface area contributed by atoms with Crippen LogP contribution in [0.25, 0.3) is 0 Å². The van der Waals surface area contributed by atoms with Crippen molar-refractivity contribution in [3.05, 3.63) is 21.6 Å². The van der Waals surface area contributed by atoms with Crippen LogP contribution in [0.1, 0.15) is 27.7 Å². The monoisotopic (exact) mass is 267 g/mol. The van der Waals surface area contributed by atoms with E-state index in [2.05, 4.69) is 16.3 Å². The van der Waals surface area contributed by atoms with Crippen molar-refractivity contribution in [1.29, 1.82) is 0 Å². The number of nitrogens with zero attached hydrogens (tertiary/aromatic N) is 2. The Kier molecular flexibility index (Phi) is 4.42. The van der Waals surface area contributed by atoms with Crippen molar-refractivity contribution in [3.8, 4) is 12.3 Å². The van der Waals surface area contributed by atoms with Crippen LogP contribution in [0.3, 0.4) is 0 Å². The van der Waals surface area contributed by atoms with Crippen molar-refractivity contribution in [2.45, 2.75) is 39.8 Å². The average Bonchev–Trinajstić information content (AvgIpc) is 2.28. The standard InChI is InChI=1S/C13H18ClN3O/c1-6-13(4,5)16-10-7-15-17(8-9(2)3)12(18)11(10)14/h1,7,9,16H,8H2,2-5H3. The summed E-state index contributed by atoms with van der Waals surface area (Å²) in [6.07, 6.45) is 6.91. The topological polar surface area (TPSA) is 46.9 Å². The number of anilines is 1. The highest BCUT2D eigenvalue weighted by molar-refractivity contribution is 6.32. The first-order valence-corrected chi connectivity index (χ1v) is 6.16. The summed E-state index contributed by atoms with van der Waals surface area (Å²) in [4.78, 5) is 12.0. The fraction of sp³-hybridized carbons (Fsp3) is 0.538. The van der Waals surface area contributed by atoms with E-state index in [1.807, 2.05) is 27.7 Å². The van der Waals surface area contributed by atoms with Gasteiger partial charge in [0.15, 0.2) is 0 Å². The summed E-state index contributed by atoms with van der Waals surface area (Å²) >= 11 is 6.04. The summed E-state index contributed by atoms with van der Waals surface area (Å²) in [5, 5.41) is 7.22. The normalized spacial score (nSPS) is 11.4. The van der Waals surface area contributed by atoms with E-state index in [1.54, 1.807) is 0 Å². The third kappa shape index (κ3) is 3.51. The predicted octanol–water partition coefficient (Wildman–Crippen LogP) is 2.38. The van der Waals surface area contributed by atoms with Crippen LogP contribution in [0.2, 0.25) is 5.02 Å². The molecule has 18 heavy (non-hydrogen) atoms. The van der Waals surface area contributed by atoms with Gasteiger partial charge < -0.3 is 5.32 Å². The third-order valence-corrected chi connectivity index (χ3v) is 2.70. The molecule has 1 N–H and O–H groups in total. The van der Waals surface area contributed by atoms with Crippen LogP contribution in [0.15, 0.2) is 11.0 Å². The zero-order valence-corrected chi connectivity index (χ0v) is 11.9. The molecule has 1 aromatic heterocycles. The molecule has 0 aliphatic heterocycles. The van der Waals surface area contributed by atoms with Gasteiger partial charge in [0.2, 0.25) is 0 Å². The number of halogens is 1. The van der Waals surface area contributed by atoms with Gasteiger partial charge in [0.05, 0.1) is 17.4 Å². The van der Waals surface area contributed by atoms with Crippen molar-refractivity contribution >= 4 is 17.3 Å². The Labute approximate surface area is 112 Å². The van der Waals surface area contributed by atoms with Crippen LogP contribution in [-0.4, -0.2) is 15.3 Å². The molecule has 0 amide bonds. The molecule has 4 nitrogen and oxygen atoms in total. The van der Waals surface area contributed by atoms with E-state index >= 15 is 0 Å². The Balaban J connectivity index is 3.10. The van der Waals surface area contributed by atoms with Crippen LogP contribution >= 0.6 is 11.6 Å². The maximum absolute atomic E-state index is 12.0. The number of hydrogen-bond donors (Lipinski definition) is 1. The predicted molar refractivity (Wildman–Crippen MR) is 74.9 cm³/mol. The summed E-state index contributed by atoms with van der Waals surface area (Å²) in [7, 11) is 0. The maximum atomic E-state index is 12.0. The third-order valence-electron chi connectivity index (χ3n) is 2.33. The molecule has 5 heteroatoms. The lowest BCUT2D eigenvalue weighted by Gasteiger charge is -2.21. The molecule has 0 spiro atoms. The summed E-state index contributed by atoms with van der Waals surface area (Å²) in [5.41, 5.74) is -0.421. The zero-order chi connectivity index (χ0) is 13.9. The Morgan fingerprint density at radius 1 is 1.61 bits per heavy atom. The van der Waals surface area contributed by atoms with Crippen molar-refractivity contribution in [2.75, 3.05) is 5.32 Å². The van der Waals surface area contributed by atoms with Crippen molar-refractivity contribution in [1.82, 2.24) is 9.78 Å². The van der Waals surface area contributed by atoms with Crippen molar-refractivity contribution < 1.29 is 0 Å². The van der Waals surface area contributed by atoms with Crippen LogP contribution in [0.4, 0.5) is 5.69 Å². The highest BCUT2D eigenvalue weighted by atomic mass is 35.5. The minimum absolute atomic E-state index is 0.119. The van der Waals surface area contributed by atoms with Gasteiger partial charge in [-0.15, -0.1) is 6.42 Å². The van der Waals surface area contributed by atoms with Gasteiger partial charge in [0, 0.05) is 6.54 Å². The van der Waals surface area contributed by atoms with E-state index in [0.717, 1.165) is 0 Å². The molecule has 1 heterocycles. The van der Waals surface area contributed by atoms with Gasteiger partial charge >= 0.3 is 0 Å². The molecule has 0 saturated carbocycles. The number of hydrogen-bond acceptors (Lipinski definition) is 3. The van der Waals surface area contributed by atoms with Gasteiger partial charge in [-0.3, -0.25) is 4.79 Å². The number of rotatable bonds is 4. The molecule has 0 radical (unpaired) electrons. The first-order valence-electron chi connectivity index (χ1n) is 5.78.